The molecule has 5 atom stereocenters. The van der Waals surface area contributed by atoms with Gasteiger partial charge in [0.15, 0.2) is 0 Å². The summed E-state index contributed by atoms with van der Waals surface area (Å²) in [4.78, 5) is 11.5. The van der Waals surface area contributed by atoms with Gasteiger partial charge in [-0.05, 0) is 24.6 Å². The molecule has 154 valence electrons. The van der Waals surface area contributed by atoms with Crippen LogP contribution in [0.3, 0.4) is 0 Å². The molecule has 0 bridgehead atoms. The topological polar surface area (TPSA) is 176 Å². The largest absolute Gasteiger partial charge is 0.463 e. The lowest BCUT2D eigenvalue weighted by Gasteiger charge is -2.41. The van der Waals surface area contributed by atoms with Gasteiger partial charge < -0.3 is 29.2 Å². The zero-order valence-electron chi connectivity index (χ0n) is 14.5. The lowest BCUT2D eigenvalue weighted by atomic mass is 9.98. The van der Waals surface area contributed by atoms with E-state index < -0.39 is 53.2 Å². The first kappa shape index (κ1) is 20.7. The Bertz CT molecular complexity index is 1020. The highest BCUT2D eigenvalue weighted by atomic mass is 32.2. The first-order valence-corrected chi connectivity index (χ1v) is 9.61. The monoisotopic (exact) mass is 417 g/mol. The highest BCUT2D eigenvalue weighted by molar-refractivity contribution is 7.83. The van der Waals surface area contributed by atoms with Crippen molar-refractivity contribution < 1.29 is 42.2 Å². The van der Waals surface area contributed by atoms with Crippen LogP contribution >= 0.6 is 0 Å². The fourth-order valence-corrected chi connectivity index (χ4v) is 3.59. The van der Waals surface area contributed by atoms with Crippen LogP contribution in [0, 0.1) is 6.92 Å². The van der Waals surface area contributed by atoms with Crippen LogP contribution in [0.1, 0.15) is 5.56 Å². The SMILES string of the molecule is Cc1cc(=O)oc2cc(O[C@H]3OC(CO)[C@@H](O)[C@H](O)[C@@H]3NS(=O)(=O)O)ccc12. The number of aryl methyl sites for hydroxylation is 1. The molecule has 1 aliphatic heterocycles. The van der Waals surface area contributed by atoms with Crippen LogP contribution in [0.25, 0.3) is 11.0 Å². The van der Waals surface area contributed by atoms with Gasteiger partial charge in [-0.3, -0.25) is 4.55 Å². The summed E-state index contributed by atoms with van der Waals surface area (Å²) in [6.45, 7) is 1.04. The number of fused-ring (bicyclic) bond motifs is 1. The average molecular weight is 417 g/mol. The van der Waals surface area contributed by atoms with Crippen LogP contribution in [0.4, 0.5) is 0 Å². The second-order valence-electron chi connectivity index (χ2n) is 6.35. The molecule has 11 nitrogen and oxygen atoms in total. The lowest BCUT2D eigenvalue weighted by molar-refractivity contribution is -0.242. The molecule has 1 saturated heterocycles. The van der Waals surface area contributed by atoms with Crippen LogP contribution < -0.4 is 15.1 Å². The van der Waals surface area contributed by atoms with Gasteiger partial charge in [0.1, 0.15) is 35.7 Å². The van der Waals surface area contributed by atoms with Crippen molar-refractivity contribution in [1.82, 2.24) is 4.72 Å². The summed E-state index contributed by atoms with van der Waals surface area (Å²) in [5.41, 5.74) is 0.314. The number of hydrogen-bond donors (Lipinski definition) is 5. The van der Waals surface area contributed by atoms with E-state index in [9.17, 15) is 28.5 Å². The van der Waals surface area contributed by atoms with Gasteiger partial charge in [-0.25, -0.2) is 4.79 Å². The summed E-state index contributed by atoms with van der Waals surface area (Å²) in [5, 5.41) is 30.1. The van der Waals surface area contributed by atoms with E-state index in [0.717, 1.165) is 0 Å². The maximum Gasteiger partial charge on any atom is 0.336 e. The van der Waals surface area contributed by atoms with Gasteiger partial charge in [0, 0.05) is 17.5 Å². The van der Waals surface area contributed by atoms with Crippen LogP contribution in [0.15, 0.2) is 33.5 Å². The molecule has 0 saturated carbocycles. The third-order valence-electron chi connectivity index (χ3n) is 4.34. The molecule has 28 heavy (non-hydrogen) atoms. The Kier molecular flexibility index (Phi) is 5.72. The van der Waals surface area contributed by atoms with Gasteiger partial charge in [-0.15, -0.1) is 0 Å². The Morgan fingerprint density at radius 3 is 2.57 bits per heavy atom. The molecule has 0 amide bonds. The van der Waals surface area contributed by atoms with E-state index in [-0.39, 0.29) is 11.3 Å². The lowest BCUT2D eigenvalue weighted by Crippen LogP contribution is -2.65. The minimum absolute atomic E-state index is 0.0914. The van der Waals surface area contributed by atoms with Crippen molar-refractivity contribution in [2.45, 2.75) is 37.6 Å². The van der Waals surface area contributed by atoms with Gasteiger partial charge in [0.2, 0.25) is 6.29 Å². The van der Waals surface area contributed by atoms with E-state index in [1.807, 2.05) is 0 Å². The molecule has 12 heteroatoms. The fourth-order valence-electron chi connectivity index (χ4n) is 2.99. The highest BCUT2D eigenvalue weighted by Gasteiger charge is 2.47. The van der Waals surface area contributed by atoms with Gasteiger partial charge in [-0.1, -0.05) is 0 Å². The number of benzene rings is 1. The number of hydrogen-bond acceptors (Lipinski definition) is 9. The molecular formula is C16H19NO10S. The number of nitrogens with one attached hydrogen (secondary N) is 1. The van der Waals surface area contributed by atoms with Gasteiger partial charge in [-0.2, -0.15) is 13.1 Å². The van der Waals surface area contributed by atoms with Crippen molar-refractivity contribution in [1.29, 1.82) is 0 Å². The highest BCUT2D eigenvalue weighted by Crippen LogP contribution is 2.27. The summed E-state index contributed by atoms with van der Waals surface area (Å²) >= 11 is 0. The molecule has 0 aliphatic carbocycles. The summed E-state index contributed by atoms with van der Waals surface area (Å²) < 4.78 is 49.1. The van der Waals surface area contributed by atoms with E-state index in [1.54, 1.807) is 17.7 Å². The van der Waals surface area contributed by atoms with E-state index in [0.29, 0.717) is 10.9 Å². The summed E-state index contributed by atoms with van der Waals surface area (Å²) in [6.07, 6.45) is -6.17. The van der Waals surface area contributed by atoms with Crippen molar-refractivity contribution in [2.75, 3.05) is 6.61 Å². The predicted molar refractivity (Wildman–Crippen MR) is 94.1 cm³/mol. The molecule has 0 spiro atoms. The first-order valence-electron chi connectivity index (χ1n) is 8.17. The second kappa shape index (κ2) is 7.75. The smallest absolute Gasteiger partial charge is 0.336 e. The third-order valence-corrected chi connectivity index (χ3v) is 4.91. The van der Waals surface area contributed by atoms with Crippen LogP contribution in [-0.2, 0) is 15.0 Å². The zero-order chi connectivity index (χ0) is 20.6. The van der Waals surface area contributed by atoms with Crippen molar-refractivity contribution >= 4 is 21.3 Å². The quantitative estimate of drug-likeness (QED) is 0.290. The molecule has 1 aliphatic rings. The van der Waals surface area contributed by atoms with E-state index in [4.69, 9.17) is 18.4 Å². The molecule has 1 aromatic heterocycles. The maximum absolute atomic E-state index is 11.5. The molecule has 5 N–H and O–H groups in total. The number of aliphatic hydroxyl groups is 3. The molecule has 0 radical (unpaired) electrons. The van der Waals surface area contributed by atoms with Crippen molar-refractivity contribution in [2.24, 2.45) is 0 Å². The van der Waals surface area contributed by atoms with Crippen molar-refractivity contribution in [3.8, 4) is 5.75 Å². The molecule has 3 rings (SSSR count). The molecule has 2 aromatic rings. The van der Waals surface area contributed by atoms with Crippen LogP contribution in [-0.4, -0.2) is 65.5 Å². The molecular weight excluding hydrogens is 398 g/mol. The van der Waals surface area contributed by atoms with E-state index >= 15 is 0 Å². The van der Waals surface area contributed by atoms with E-state index in [1.165, 1.54) is 18.2 Å². The Morgan fingerprint density at radius 2 is 1.93 bits per heavy atom. The fraction of sp³-hybridized carbons (Fsp3) is 0.438. The summed E-state index contributed by atoms with van der Waals surface area (Å²) in [7, 11) is -4.78. The van der Waals surface area contributed by atoms with Crippen LogP contribution in [0.5, 0.6) is 5.75 Å². The van der Waals surface area contributed by atoms with Crippen LogP contribution in [0.2, 0.25) is 0 Å². The summed E-state index contributed by atoms with van der Waals surface area (Å²) in [6, 6.07) is 4.19. The Morgan fingerprint density at radius 1 is 1.21 bits per heavy atom. The minimum Gasteiger partial charge on any atom is -0.463 e. The third kappa shape index (κ3) is 4.33. The predicted octanol–water partition coefficient (Wildman–Crippen LogP) is -1.32. The minimum atomic E-state index is -4.78. The molecule has 1 fully saturated rings. The van der Waals surface area contributed by atoms with Crippen molar-refractivity contribution in [3.63, 3.8) is 0 Å². The molecule has 2 heterocycles. The normalized spacial score (nSPS) is 28.4. The van der Waals surface area contributed by atoms with E-state index in [2.05, 4.69) is 0 Å². The molecule has 1 unspecified atom stereocenters. The Hall–Kier alpha value is -2.06. The molecule has 1 aromatic carbocycles. The second-order valence-corrected chi connectivity index (χ2v) is 7.54. The standard InChI is InChI=1S/C16H19NO10S/c1-7-4-12(19)26-10-5-8(2-3-9(7)10)25-16-13(17-28(22,23)24)15(21)14(20)11(6-18)27-16/h2-5,11,13-18,20-21H,6H2,1H3,(H,22,23,24)/t11?,13-,14+,15+,16-/m0/s1. The number of rotatable bonds is 5. The number of aliphatic hydroxyl groups excluding tert-OH is 3. The van der Waals surface area contributed by atoms with Gasteiger partial charge in [0.25, 0.3) is 0 Å². The Labute approximate surface area is 159 Å². The summed E-state index contributed by atoms with van der Waals surface area (Å²) in [5.74, 6) is 0.0914. The maximum atomic E-state index is 11.5. The van der Waals surface area contributed by atoms with Gasteiger partial charge >= 0.3 is 15.9 Å². The van der Waals surface area contributed by atoms with Crippen molar-refractivity contribution in [3.05, 3.63) is 40.2 Å². The zero-order valence-corrected chi connectivity index (χ0v) is 15.4. The van der Waals surface area contributed by atoms with Gasteiger partial charge in [0.05, 0.1) is 6.61 Å². The first-order chi connectivity index (χ1) is 13.1. The Balaban J connectivity index is 1.94. The average Bonchev–Trinajstić information content (AvgIpc) is 2.59. The number of ether oxygens (including phenoxy) is 2.